The highest BCUT2D eigenvalue weighted by molar-refractivity contribution is 5.87. The number of aryl methyl sites for hydroxylation is 1. The van der Waals surface area contributed by atoms with E-state index in [9.17, 15) is 24.3 Å². The molecule has 4 unspecified atom stereocenters. The number of methoxy groups -OCH3 is 2. The van der Waals surface area contributed by atoms with Crippen LogP contribution in [0.3, 0.4) is 0 Å². The van der Waals surface area contributed by atoms with Gasteiger partial charge in [0, 0.05) is 31.5 Å². The Labute approximate surface area is 209 Å². The fraction of sp³-hybridized carbons (Fsp3) is 0.696. The molecule has 0 aromatic carbocycles. The van der Waals surface area contributed by atoms with E-state index in [0.717, 1.165) is 6.42 Å². The molecule has 0 saturated heterocycles. The van der Waals surface area contributed by atoms with Gasteiger partial charge in [0.1, 0.15) is 0 Å². The van der Waals surface area contributed by atoms with Crippen molar-refractivity contribution in [3.63, 3.8) is 0 Å². The first kappa shape index (κ1) is 29.0. The van der Waals surface area contributed by atoms with Gasteiger partial charge < -0.3 is 30.0 Å². The Morgan fingerprint density at radius 2 is 1.94 bits per heavy atom. The lowest BCUT2D eigenvalue weighted by atomic mass is 9.62. The number of nitrogens with zero attached hydrogens (tertiary/aromatic N) is 1. The molecule has 1 aliphatic rings. The number of amides is 3. The molecule has 2 rings (SSSR count). The second kappa shape index (κ2) is 12.2. The monoisotopic (exact) mass is 511 g/mol. The lowest BCUT2D eigenvalue weighted by Gasteiger charge is -2.46. The number of aromatic amines is 1. The maximum atomic E-state index is 12.6. The molecule has 13 heteroatoms. The van der Waals surface area contributed by atoms with Gasteiger partial charge >= 0.3 is 18.1 Å². The second-order valence-electron chi connectivity index (χ2n) is 10.3. The molecule has 1 saturated carbocycles. The highest BCUT2D eigenvalue weighted by atomic mass is 16.6. The first-order chi connectivity index (χ1) is 16.7. The van der Waals surface area contributed by atoms with E-state index in [1.54, 1.807) is 6.92 Å². The van der Waals surface area contributed by atoms with E-state index in [4.69, 9.17) is 9.47 Å². The topological polar surface area (TPSA) is 181 Å². The van der Waals surface area contributed by atoms with E-state index in [-0.39, 0.29) is 34.8 Å². The van der Waals surface area contributed by atoms with Gasteiger partial charge in [-0.05, 0) is 37.0 Å². The SMILES string of the molecule is COC(=O)CC(OC(=O)NC1CC(C)(C)CC(C)(CNC(=O)Nc2nc(C)cc(=O)[nH]2)C1)C(O)OC. The number of rotatable bonds is 9. The van der Waals surface area contributed by atoms with Crippen molar-refractivity contribution in [2.45, 2.75) is 71.8 Å². The van der Waals surface area contributed by atoms with Crippen molar-refractivity contribution in [1.82, 2.24) is 20.6 Å². The third-order valence-corrected chi connectivity index (χ3v) is 5.96. The number of aromatic nitrogens is 2. The number of nitrogens with one attached hydrogen (secondary N) is 4. The number of hydrogen-bond acceptors (Lipinski definition) is 9. The van der Waals surface area contributed by atoms with Gasteiger partial charge in [-0.1, -0.05) is 20.8 Å². The Kier molecular flexibility index (Phi) is 9.82. The van der Waals surface area contributed by atoms with Crippen LogP contribution in [0, 0.1) is 17.8 Å². The molecular weight excluding hydrogens is 474 g/mol. The fourth-order valence-corrected chi connectivity index (χ4v) is 4.89. The zero-order chi connectivity index (χ0) is 27.1. The largest absolute Gasteiger partial charge is 0.469 e. The van der Waals surface area contributed by atoms with E-state index in [1.807, 2.05) is 6.92 Å². The predicted octanol–water partition coefficient (Wildman–Crippen LogP) is 1.41. The van der Waals surface area contributed by atoms with E-state index in [2.05, 4.69) is 44.5 Å². The highest BCUT2D eigenvalue weighted by Crippen LogP contribution is 2.45. The van der Waals surface area contributed by atoms with Crippen LogP contribution in [0.1, 0.15) is 52.1 Å². The molecule has 0 radical (unpaired) electrons. The van der Waals surface area contributed by atoms with Crippen molar-refractivity contribution in [2.24, 2.45) is 10.8 Å². The number of carbonyl (C=O) groups excluding carboxylic acids is 3. The number of esters is 1. The molecular formula is C23H37N5O8. The van der Waals surface area contributed by atoms with E-state index < -0.39 is 30.5 Å². The summed E-state index contributed by atoms with van der Waals surface area (Å²) in [4.78, 5) is 54.7. The number of ether oxygens (including phenoxy) is 3. The Morgan fingerprint density at radius 3 is 2.56 bits per heavy atom. The van der Waals surface area contributed by atoms with Crippen LogP contribution < -0.4 is 21.5 Å². The minimum absolute atomic E-state index is 0.0497. The molecule has 13 nitrogen and oxygen atoms in total. The smallest absolute Gasteiger partial charge is 0.407 e. The van der Waals surface area contributed by atoms with E-state index in [1.165, 1.54) is 20.3 Å². The minimum Gasteiger partial charge on any atom is -0.469 e. The van der Waals surface area contributed by atoms with E-state index >= 15 is 0 Å². The molecule has 0 bridgehead atoms. The van der Waals surface area contributed by atoms with Crippen LogP contribution in [0.4, 0.5) is 15.5 Å². The van der Waals surface area contributed by atoms with Gasteiger partial charge in [-0.25, -0.2) is 14.6 Å². The Balaban J connectivity index is 1.99. The molecule has 1 aromatic rings. The number of carbonyl (C=O) groups is 3. The van der Waals surface area contributed by atoms with Gasteiger partial charge in [0.15, 0.2) is 12.4 Å². The summed E-state index contributed by atoms with van der Waals surface area (Å²) in [6.45, 7) is 8.10. The summed E-state index contributed by atoms with van der Waals surface area (Å²) in [5, 5.41) is 18.1. The molecule has 1 aromatic heterocycles. The maximum absolute atomic E-state index is 12.6. The molecule has 4 atom stereocenters. The van der Waals surface area contributed by atoms with Crippen molar-refractivity contribution in [2.75, 3.05) is 26.1 Å². The zero-order valence-electron chi connectivity index (χ0n) is 21.6. The highest BCUT2D eigenvalue weighted by Gasteiger charge is 2.42. The van der Waals surface area contributed by atoms with Gasteiger partial charge in [0.25, 0.3) is 5.56 Å². The normalized spacial score (nSPS) is 22.6. The molecule has 0 spiro atoms. The third kappa shape index (κ3) is 9.11. The number of urea groups is 1. The van der Waals surface area contributed by atoms with Crippen LogP contribution in [-0.2, 0) is 19.0 Å². The standard InChI is InChI=1S/C23H37N5O8/c1-13-7-16(29)27-19(25-13)28-20(32)24-12-23(4)10-14(9-22(2,3)11-23)26-21(33)36-15(18(31)35-6)8-17(30)34-5/h7,14-15,18,31H,8-12H2,1-6H3,(H,26,33)(H3,24,25,27,28,29,32). The van der Waals surface area contributed by atoms with Crippen LogP contribution in [0.2, 0.25) is 0 Å². The van der Waals surface area contributed by atoms with Gasteiger partial charge in [-0.3, -0.25) is 19.9 Å². The molecule has 5 N–H and O–H groups in total. The molecule has 1 aliphatic carbocycles. The Bertz CT molecular complexity index is 997. The number of aliphatic hydroxyl groups is 1. The number of anilines is 1. The molecule has 36 heavy (non-hydrogen) atoms. The van der Waals surface area contributed by atoms with Gasteiger partial charge in [-0.15, -0.1) is 0 Å². The molecule has 3 amide bonds. The maximum Gasteiger partial charge on any atom is 0.407 e. The third-order valence-electron chi connectivity index (χ3n) is 5.96. The van der Waals surface area contributed by atoms with Gasteiger partial charge in [0.2, 0.25) is 5.95 Å². The summed E-state index contributed by atoms with van der Waals surface area (Å²) in [6, 6.07) is 0.515. The average Bonchev–Trinajstić information content (AvgIpc) is 2.74. The van der Waals surface area contributed by atoms with Crippen molar-refractivity contribution in [1.29, 1.82) is 0 Å². The number of aliphatic hydroxyl groups excluding tert-OH is 1. The van der Waals surface area contributed by atoms with Crippen molar-refractivity contribution >= 4 is 24.0 Å². The van der Waals surface area contributed by atoms with Gasteiger partial charge in [0.05, 0.1) is 13.5 Å². The molecule has 202 valence electrons. The van der Waals surface area contributed by atoms with Crippen molar-refractivity contribution in [3.05, 3.63) is 22.1 Å². The molecule has 1 heterocycles. The van der Waals surface area contributed by atoms with Crippen LogP contribution in [0.5, 0.6) is 0 Å². The van der Waals surface area contributed by atoms with Crippen LogP contribution in [0.15, 0.2) is 10.9 Å². The summed E-state index contributed by atoms with van der Waals surface area (Å²) in [6.07, 6.45) is -1.92. The molecule has 1 fully saturated rings. The lowest BCUT2D eigenvalue weighted by molar-refractivity contribution is -0.164. The van der Waals surface area contributed by atoms with Crippen LogP contribution in [-0.4, -0.2) is 72.4 Å². The summed E-state index contributed by atoms with van der Waals surface area (Å²) in [5.41, 5.74) is -0.430. The second-order valence-corrected chi connectivity index (χ2v) is 10.3. The first-order valence-corrected chi connectivity index (χ1v) is 11.6. The summed E-state index contributed by atoms with van der Waals surface area (Å²) < 4.78 is 14.6. The zero-order valence-corrected chi connectivity index (χ0v) is 21.6. The predicted molar refractivity (Wildman–Crippen MR) is 129 cm³/mol. The van der Waals surface area contributed by atoms with E-state index in [0.29, 0.717) is 25.1 Å². The quantitative estimate of drug-likeness (QED) is 0.242. The van der Waals surface area contributed by atoms with Gasteiger partial charge in [-0.2, -0.15) is 0 Å². The summed E-state index contributed by atoms with van der Waals surface area (Å²) in [7, 11) is 2.41. The number of H-pyrrole nitrogens is 1. The lowest BCUT2D eigenvalue weighted by Crippen LogP contribution is -2.51. The van der Waals surface area contributed by atoms with Crippen LogP contribution in [0.25, 0.3) is 0 Å². The number of hydrogen-bond donors (Lipinski definition) is 5. The average molecular weight is 512 g/mol. The summed E-state index contributed by atoms with van der Waals surface area (Å²) >= 11 is 0. The summed E-state index contributed by atoms with van der Waals surface area (Å²) in [5.74, 6) is -0.613. The van der Waals surface area contributed by atoms with Crippen molar-refractivity contribution in [3.8, 4) is 0 Å². The minimum atomic E-state index is -1.50. The Hall–Kier alpha value is -3.19. The van der Waals surface area contributed by atoms with Crippen molar-refractivity contribution < 1.29 is 33.7 Å². The Morgan fingerprint density at radius 1 is 1.25 bits per heavy atom. The first-order valence-electron chi connectivity index (χ1n) is 11.6. The fourth-order valence-electron chi connectivity index (χ4n) is 4.89. The van der Waals surface area contributed by atoms with Crippen LogP contribution >= 0.6 is 0 Å². The number of alkyl carbamates (subject to hydrolysis) is 1. The molecule has 0 aliphatic heterocycles.